The molecule has 0 spiro atoms. The first kappa shape index (κ1) is 21.8. The van der Waals surface area contributed by atoms with Crippen molar-refractivity contribution in [3.63, 3.8) is 0 Å². The second-order valence-corrected chi connectivity index (χ2v) is 8.86. The summed E-state index contributed by atoms with van der Waals surface area (Å²) in [6, 6.07) is 4.18. The van der Waals surface area contributed by atoms with Crippen LogP contribution in [0.15, 0.2) is 40.5 Å². The van der Waals surface area contributed by atoms with Gasteiger partial charge in [0.05, 0.1) is 7.11 Å². The first-order valence-electron chi connectivity index (χ1n) is 9.58. The molecular weight excluding hydrogens is 350 g/mol. The van der Waals surface area contributed by atoms with Crippen LogP contribution in [-0.2, 0) is 20.4 Å². The number of hydrogen-bond acceptors (Lipinski definition) is 4. The number of hydrogen-bond donors (Lipinski definition) is 0. The number of carbonyl (C=O) groups excluding carboxylic acids is 2. The topological polar surface area (TPSA) is 55.7 Å². The molecule has 0 amide bonds. The predicted octanol–water partition coefficient (Wildman–Crippen LogP) is 5.23. The van der Waals surface area contributed by atoms with E-state index in [1.807, 2.05) is 13.0 Å². The minimum Gasteiger partial charge on any atom is -0.466 e. The van der Waals surface area contributed by atoms with Crippen molar-refractivity contribution in [3.8, 4) is 0 Å². The van der Waals surface area contributed by atoms with Gasteiger partial charge in [-0.3, -0.25) is 9.79 Å². The quantitative estimate of drug-likeness (QED) is 0.231. The number of aryl methyl sites for hydroxylation is 1. The normalized spacial score (nSPS) is 18.2. The lowest BCUT2D eigenvalue weighted by molar-refractivity contribution is -0.136. The van der Waals surface area contributed by atoms with Crippen LogP contribution >= 0.6 is 0 Å². The monoisotopic (exact) mass is 381 g/mol. The predicted molar refractivity (Wildman–Crippen MR) is 114 cm³/mol. The Kier molecular flexibility index (Phi) is 6.12. The smallest absolute Gasteiger partial charge is 0.333 e. The van der Waals surface area contributed by atoms with Gasteiger partial charge in [-0.2, -0.15) is 0 Å². The molecule has 4 heteroatoms. The van der Waals surface area contributed by atoms with Crippen molar-refractivity contribution >= 4 is 18.5 Å². The van der Waals surface area contributed by atoms with Gasteiger partial charge in [0, 0.05) is 11.1 Å². The molecule has 0 aromatic heterocycles. The number of fused-ring (bicyclic) bond motifs is 1. The molecule has 4 nitrogen and oxygen atoms in total. The Hall–Kier alpha value is -2.49. The Balaban J connectivity index is 2.54. The Morgan fingerprint density at radius 3 is 2.11 bits per heavy atom. The van der Waals surface area contributed by atoms with Crippen LogP contribution in [0.4, 0.5) is 0 Å². The molecule has 0 unspecified atom stereocenters. The van der Waals surface area contributed by atoms with Crippen molar-refractivity contribution in [1.82, 2.24) is 0 Å². The lowest BCUT2D eigenvalue weighted by atomic mass is 9.62. The van der Waals surface area contributed by atoms with Crippen LogP contribution in [-0.4, -0.2) is 25.6 Å². The summed E-state index contributed by atoms with van der Waals surface area (Å²) < 4.78 is 4.68. The fraction of sp³-hybridized carbons (Fsp3) is 0.458. The Morgan fingerprint density at radius 1 is 1.07 bits per heavy atom. The van der Waals surface area contributed by atoms with Gasteiger partial charge in [0.2, 0.25) is 5.78 Å². The van der Waals surface area contributed by atoms with E-state index in [4.69, 9.17) is 0 Å². The van der Waals surface area contributed by atoms with Crippen molar-refractivity contribution in [1.29, 1.82) is 0 Å². The zero-order valence-electron chi connectivity index (χ0n) is 18.1. The van der Waals surface area contributed by atoms with E-state index in [9.17, 15) is 9.59 Å². The molecule has 0 saturated carbocycles. The summed E-state index contributed by atoms with van der Waals surface area (Å²) in [5.41, 5.74) is 4.80. The average Bonchev–Trinajstić information content (AvgIpc) is 2.64. The highest BCUT2D eigenvalue weighted by Gasteiger charge is 2.37. The minimum atomic E-state index is -0.443. The van der Waals surface area contributed by atoms with Crippen molar-refractivity contribution in [2.24, 2.45) is 4.99 Å². The van der Waals surface area contributed by atoms with Crippen LogP contribution in [0, 0.1) is 6.92 Å². The fourth-order valence-electron chi connectivity index (χ4n) is 3.74. The summed E-state index contributed by atoms with van der Waals surface area (Å²) in [5, 5.41) is 0. The first-order chi connectivity index (χ1) is 12.9. The molecule has 1 aliphatic carbocycles. The van der Waals surface area contributed by atoms with Crippen molar-refractivity contribution in [2.45, 2.75) is 65.2 Å². The van der Waals surface area contributed by atoms with E-state index in [0.29, 0.717) is 11.1 Å². The van der Waals surface area contributed by atoms with E-state index >= 15 is 0 Å². The average molecular weight is 382 g/mol. The summed E-state index contributed by atoms with van der Waals surface area (Å²) in [5.74, 6) is -0.635. The van der Waals surface area contributed by atoms with Gasteiger partial charge in [-0.05, 0) is 79.1 Å². The maximum atomic E-state index is 13.2. The molecule has 0 N–H and O–H groups in total. The van der Waals surface area contributed by atoms with Gasteiger partial charge in [-0.1, -0.05) is 33.8 Å². The molecule has 1 aromatic rings. The lowest BCUT2D eigenvalue weighted by Gasteiger charge is -2.42. The molecule has 0 radical (unpaired) electrons. The summed E-state index contributed by atoms with van der Waals surface area (Å²) >= 11 is 0. The maximum absolute atomic E-state index is 13.2. The van der Waals surface area contributed by atoms with E-state index in [0.717, 1.165) is 18.4 Å². The third-order valence-electron chi connectivity index (χ3n) is 5.84. The standard InChI is InChI=1S/C24H31NO3/c1-15(22(27)28-8)9-10-20(25-7)21(26)17-14-19-18(13-16(17)2)23(3,4)11-12-24(19,5)6/h9-10,13-14H,7,11-12H2,1-6,8H3/b15-9+,20-10-. The second-order valence-electron chi connectivity index (χ2n) is 8.86. The number of benzene rings is 1. The zero-order valence-corrected chi connectivity index (χ0v) is 18.1. The van der Waals surface area contributed by atoms with Gasteiger partial charge < -0.3 is 4.74 Å². The highest BCUT2D eigenvalue weighted by Crippen LogP contribution is 2.46. The van der Waals surface area contributed by atoms with Crippen LogP contribution < -0.4 is 0 Å². The number of aliphatic imine (C=N–C) groups is 1. The summed E-state index contributed by atoms with van der Waals surface area (Å²) in [6.45, 7) is 16.1. The number of ether oxygens (including phenoxy) is 1. The fourth-order valence-corrected chi connectivity index (χ4v) is 3.74. The molecule has 0 aliphatic heterocycles. The van der Waals surface area contributed by atoms with E-state index < -0.39 is 5.97 Å². The number of carbonyl (C=O) groups is 2. The first-order valence-corrected chi connectivity index (χ1v) is 9.58. The summed E-state index contributed by atoms with van der Waals surface area (Å²) in [7, 11) is 1.32. The van der Waals surface area contributed by atoms with Crippen LogP contribution in [0.1, 0.15) is 74.5 Å². The van der Waals surface area contributed by atoms with E-state index in [-0.39, 0.29) is 22.3 Å². The van der Waals surface area contributed by atoms with Crippen LogP contribution in [0.3, 0.4) is 0 Å². The van der Waals surface area contributed by atoms with Gasteiger partial charge in [-0.15, -0.1) is 0 Å². The molecular formula is C24H31NO3. The number of allylic oxidation sites excluding steroid dienone is 3. The van der Waals surface area contributed by atoms with Gasteiger partial charge in [0.25, 0.3) is 0 Å². The number of esters is 1. The molecule has 0 bridgehead atoms. The SMILES string of the molecule is C=N/C(=C\C=C(/C)C(=O)OC)C(=O)c1cc2c(cc1C)C(C)(C)CCC2(C)C. The van der Waals surface area contributed by atoms with E-state index in [1.54, 1.807) is 6.92 Å². The third kappa shape index (κ3) is 4.16. The van der Waals surface area contributed by atoms with Gasteiger partial charge in [-0.25, -0.2) is 4.79 Å². The molecule has 28 heavy (non-hydrogen) atoms. The Bertz CT molecular complexity index is 885. The van der Waals surface area contributed by atoms with Crippen molar-refractivity contribution in [3.05, 3.63) is 57.8 Å². The molecule has 0 fully saturated rings. The van der Waals surface area contributed by atoms with Crippen molar-refractivity contribution < 1.29 is 14.3 Å². The third-order valence-corrected chi connectivity index (χ3v) is 5.84. The molecule has 0 atom stereocenters. The number of rotatable bonds is 5. The van der Waals surface area contributed by atoms with E-state index in [2.05, 4.69) is 50.2 Å². The highest BCUT2D eigenvalue weighted by molar-refractivity contribution is 6.10. The molecule has 0 heterocycles. The number of methoxy groups -OCH3 is 1. The molecule has 150 valence electrons. The van der Waals surface area contributed by atoms with Crippen LogP contribution in [0.25, 0.3) is 0 Å². The second kappa shape index (κ2) is 7.86. The van der Waals surface area contributed by atoms with Crippen LogP contribution in [0.5, 0.6) is 0 Å². The molecule has 1 aliphatic rings. The van der Waals surface area contributed by atoms with Gasteiger partial charge in [0.1, 0.15) is 5.70 Å². The summed E-state index contributed by atoms with van der Waals surface area (Å²) in [6.07, 6.45) is 5.26. The maximum Gasteiger partial charge on any atom is 0.333 e. The number of ketones is 1. The van der Waals surface area contributed by atoms with Crippen LogP contribution in [0.2, 0.25) is 0 Å². The van der Waals surface area contributed by atoms with Gasteiger partial charge in [0.15, 0.2) is 0 Å². The number of nitrogens with zero attached hydrogens (tertiary/aromatic N) is 1. The largest absolute Gasteiger partial charge is 0.466 e. The summed E-state index contributed by atoms with van der Waals surface area (Å²) in [4.78, 5) is 28.6. The minimum absolute atomic E-state index is 0.0143. The molecule has 1 aromatic carbocycles. The Labute approximate surface area is 168 Å². The van der Waals surface area contributed by atoms with Crippen molar-refractivity contribution in [2.75, 3.05) is 7.11 Å². The van der Waals surface area contributed by atoms with E-state index in [1.165, 1.54) is 30.4 Å². The molecule has 0 saturated heterocycles. The number of Topliss-reactive ketones (excluding diaryl/α,β-unsaturated/α-hetero) is 1. The Morgan fingerprint density at radius 2 is 1.61 bits per heavy atom. The zero-order chi connectivity index (χ0) is 21.3. The van der Waals surface area contributed by atoms with Gasteiger partial charge >= 0.3 is 5.97 Å². The highest BCUT2D eigenvalue weighted by atomic mass is 16.5. The molecule has 2 rings (SSSR count). The lowest BCUT2D eigenvalue weighted by Crippen LogP contribution is -2.34.